The molecule has 2 saturated heterocycles. The van der Waals surface area contributed by atoms with Crippen LogP contribution in [0.15, 0.2) is 41.8 Å². The van der Waals surface area contributed by atoms with Gasteiger partial charge in [0.05, 0.1) is 16.5 Å². The lowest BCUT2D eigenvalue weighted by molar-refractivity contribution is 0.0858. The van der Waals surface area contributed by atoms with E-state index in [1.54, 1.807) is 0 Å². The summed E-state index contributed by atoms with van der Waals surface area (Å²) in [5, 5.41) is 8.07. The zero-order valence-corrected chi connectivity index (χ0v) is 17.2. The molecule has 2 aliphatic heterocycles. The van der Waals surface area contributed by atoms with Crippen molar-refractivity contribution in [2.75, 3.05) is 31.1 Å². The third kappa shape index (κ3) is 4.97. The minimum Gasteiger partial charge on any atom is -0.376 e. The van der Waals surface area contributed by atoms with Gasteiger partial charge in [-0.2, -0.15) is 0 Å². The molecule has 2 fully saturated rings. The van der Waals surface area contributed by atoms with Gasteiger partial charge in [-0.05, 0) is 49.3 Å². The minimum absolute atomic E-state index is 0.00681. The molecule has 0 spiro atoms. The Morgan fingerprint density at radius 2 is 1.90 bits per heavy atom. The van der Waals surface area contributed by atoms with Crippen LogP contribution in [0.3, 0.4) is 0 Å². The number of benzene rings is 1. The highest BCUT2D eigenvalue weighted by Gasteiger charge is 2.25. The number of hydrogen-bond acceptors (Lipinski definition) is 5. The zero-order chi connectivity index (χ0) is 20.1. The van der Waals surface area contributed by atoms with Crippen LogP contribution in [0.25, 0.3) is 0 Å². The summed E-state index contributed by atoms with van der Waals surface area (Å²) < 4.78 is 5.60. The quantitative estimate of drug-likeness (QED) is 0.764. The van der Waals surface area contributed by atoms with E-state index in [1.165, 1.54) is 11.3 Å². The van der Waals surface area contributed by atoms with E-state index in [0.717, 1.165) is 55.9 Å². The maximum absolute atomic E-state index is 12.8. The molecular formula is C22H27N3O3S. The number of piperidine rings is 1. The summed E-state index contributed by atoms with van der Waals surface area (Å²) in [4.78, 5) is 28.0. The molecule has 2 aromatic rings. The number of nitrogens with one attached hydrogen (secondary N) is 2. The van der Waals surface area contributed by atoms with Gasteiger partial charge in [0.1, 0.15) is 0 Å². The van der Waals surface area contributed by atoms with E-state index in [0.29, 0.717) is 12.1 Å². The fourth-order valence-electron chi connectivity index (χ4n) is 3.98. The Hall–Kier alpha value is -2.38. The summed E-state index contributed by atoms with van der Waals surface area (Å²) in [5.41, 5.74) is 1.66. The SMILES string of the molecule is O=C(NC1CCN(c2ccccc2C(=O)NC[C@H]2CCCO2)CC1)c1cccs1. The lowest BCUT2D eigenvalue weighted by Crippen LogP contribution is -2.45. The molecule has 0 aliphatic carbocycles. The van der Waals surface area contributed by atoms with Gasteiger partial charge in [0.2, 0.25) is 0 Å². The first-order valence-corrected chi connectivity index (χ1v) is 11.2. The summed E-state index contributed by atoms with van der Waals surface area (Å²) in [6.45, 7) is 2.97. The minimum atomic E-state index is -0.0516. The van der Waals surface area contributed by atoms with Crippen molar-refractivity contribution >= 4 is 28.8 Å². The lowest BCUT2D eigenvalue weighted by Gasteiger charge is -2.34. The van der Waals surface area contributed by atoms with Crippen LogP contribution in [-0.2, 0) is 4.74 Å². The number of carbonyl (C=O) groups excluding carboxylic acids is 2. The Morgan fingerprint density at radius 3 is 2.62 bits per heavy atom. The van der Waals surface area contributed by atoms with Crippen molar-refractivity contribution in [3.05, 3.63) is 52.2 Å². The highest BCUT2D eigenvalue weighted by Crippen LogP contribution is 2.25. The van der Waals surface area contributed by atoms with E-state index in [2.05, 4.69) is 15.5 Å². The zero-order valence-electron chi connectivity index (χ0n) is 16.4. The van der Waals surface area contributed by atoms with Crippen molar-refractivity contribution in [3.63, 3.8) is 0 Å². The second kappa shape index (κ2) is 9.41. The topological polar surface area (TPSA) is 70.7 Å². The maximum atomic E-state index is 12.8. The second-order valence-corrected chi connectivity index (χ2v) is 8.52. The number of anilines is 1. The van der Waals surface area contributed by atoms with Crippen LogP contribution in [0.2, 0.25) is 0 Å². The third-order valence-corrected chi connectivity index (χ3v) is 6.45. The molecule has 1 atom stereocenters. The van der Waals surface area contributed by atoms with Crippen molar-refractivity contribution in [2.45, 2.75) is 37.8 Å². The fourth-order valence-corrected chi connectivity index (χ4v) is 4.60. The first-order chi connectivity index (χ1) is 14.2. The van der Waals surface area contributed by atoms with Gasteiger partial charge < -0.3 is 20.3 Å². The number of thiophene rings is 1. The Kier molecular flexibility index (Phi) is 6.46. The summed E-state index contributed by atoms with van der Waals surface area (Å²) in [6, 6.07) is 11.7. The molecule has 154 valence electrons. The number of amides is 2. The third-order valence-electron chi connectivity index (χ3n) is 5.58. The Bertz CT molecular complexity index is 826. The molecule has 1 aromatic carbocycles. The smallest absolute Gasteiger partial charge is 0.261 e. The van der Waals surface area contributed by atoms with Gasteiger partial charge in [-0.1, -0.05) is 18.2 Å². The van der Waals surface area contributed by atoms with Crippen LogP contribution in [-0.4, -0.2) is 50.2 Å². The number of para-hydroxylation sites is 1. The van der Waals surface area contributed by atoms with Gasteiger partial charge in [0.15, 0.2) is 0 Å². The highest BCUT2D eigenvalue weighted by atomic mass is 32.1. The number of ether oxygens (including phenoxy) is 1. The Balaban J connectivity index is 1.33. The van der Waals surface area contributed by atoms with Gasteiger partial charge in [0, 0.05) is 38.0 Å². The summed E-state index contributed by atoms with van der Waals surface area (Å²) in [7, 11) is 0. The van der Waals surface area contributed by atoms with Gasteiger partial charge in [-0.25, -0.2) is 0 Å². The summed E-state index contributed by atoms with van der Waals surface area (Å²) in [6.07, 6.45) is 3.93. The molecule has 4 rings (SSSR count). The molecule has 2 amide bonds. The van der Waals surface area contributed by atoms with E-state index in [1.807, 2.05) is 41.8 Å². The number of hydrogen-bond donors (Lipinski definition) is 2. The molecular weight excluding hydrogens is 386 g/mol. The predicted octanol–water partition coefficient (Wildman–Crippen LogP) is 3.06. The van der Waals surface area contributed by atoms with Crippen molar-refractivity contribution in [1.82, 2.24) is 10.6 Å². The van der Waals surface area contributed by atoms with Crippen molar-refractivity contribution < 1.29 is 14.3 Å². The molecule has 6 nitrogen and oxygen atoms in total. The molecule has 2 N–H and O–H groups in total. The monoisotopic (exact) mass is 413 g/mol. The van der Waals surface area contributed by atoms with Gasteiger partial charge in [-0.3, -0.25) is 9.59 Å². The summed E-state index contributed by atoms with van der Waals surface area (Å²) >= 11 is 1.46. The van der Waals surface area contributed by atoms with Crippen LogP contribution < -0.4 is 15.5 Å². The fraction of sp³-hybridized carbons (Fsp3) is 0.455. The van der Waals surface area contributed by atoms with Gasteiger partial charge in [-0.15, -0.1) is 11.3 Å². The largest absolute Gasteiger partial charge is 0.376 e. The number of nitrogens with zero attached hydrogens (tertiary/aromatic N) is 1. The van der Waals surface area contributed by atoms with Crippen molar-refractivity contribution in [1.29, 1.82) is 0 Å². The maximum Gasteiger partial charge on any atom is 0.261 e. The highest BCUT2D eigenvalue weighted by molar-refractivity contribution is 7.12. The molecule has 1 aromatic heterocycles. The average Bonchev–Trinajstić information content (AvgIpc) is 3.47. The molecule has 0 saturated carbocycles. The molecule has 0 unspecified atom stereocenters. The Morgan fingerprint density at radius 1 is 1.07 bits per heavy atom. The number of carbonyl (C=O) groups is 2. The normalized spacial score (nSPS) is 19.9. The molecule has 29 heavy (non-hydrogen) atoms. The van der Waals surface area contributed by atoms with Crippen LogP contribution in [0.1, 0.15) is 45.7 Å². The van der Waals surface area contributed by atoms with Gasteiger partial charge >= 0.3 is 0 Å². The van der Waals surface area contributed by atoms with E-state index < -0.39 is 0 Å². The van der Waals surface area contributed by atoms with Crippen LogP contribution in [0.5, 0.6) is 0 Å². The van der Waals surface area contributed by atoms with E-state index in [4.69, 9.17) is 4.74 Å². The lowest BCUT2D eigenvalue weighted by atomic mass is 10.0. The molecule has 2 aliphatic rings. The first kappa shape index (κ1) is 19.9. The molecule has 0 bridgehead atoms. The molecule has 7 heteroatoms. The second-order valence-electron chi connectivity index (χ2n) is 7.57. The Labute approximate surface area is 175 Å². The predicted molar refractivity (Wildman–Crippen MR) is 115 cm³/mol. The van der Waals surface area contributed by atoms with E-state index in [9.17, 15) is 9.59 Å². The van der Waals surface area contributed by atoms with E-state index >= 15 is 0 Å². The van der Waals surface area contributed by atoms with Crippen molar-refractivity contribution in [3.8, 4) is 0 Å². The van der Waals surface area contributed by atoms with Crippen LogP contribution >= 0.6 is 11.3 Å². The summed E-state index contributed by atoms with van der Waals surface area (Å²) in [5.74, 6) is -0.0448. The van der Waals surface area contributed by atoms with Gasteiger partial charge in [0.25, 0.3) is 11.8 Å². The first-order valence-electron chi connectivity index (χ1n) is 10.3. The number of rotatable bonds is 6. The van der Waals surface area contributed by atoms with Crippen LogP contribution in [0, 0.1) is 0 Å². The standard InChI is InChI=1S/C22H27N3O3S/c26-21(23-15-17-5-3-13-28-17)18-6-1-2-7-19(18)25-11-9-16(10-12-25)24-22(27)20-8-4-14-29-20/h1-2,4,6-8,14,16-17H,3,5,9-13,15H2,(H,23,26)(H,24,27)/t17-/m1/s1. The van der Waals surface area contributed by atoms with E-state index in [-0.39, 0.29) is 24.0 Å². The van der Waals surface area contributed by atoms with Crippen LogP contribution in [0.4, 0.5) is 5.69 Å². The molecule has 0 radical (unpaired) electrons. The van der Waals surface area contributed by atoms with Crippen molar-refractivity contribution in [2.24, 2.45) is 0 Å². The average molecular weight is 414 g/mol. The molecule has 3 heterocycles.